The van der Waals surface area contributed by atoms with Gasteiger partial charge in [-0.25, -0.2) is 4.99 Å². The molecule has 4 aromatic rings. The van der Waals surface area contributed by atoms with Crippen molar-refractivity contribution in [2.45, 2.75) is 12.1 Å². The fraction of sp³-hybridized carbons (Fsp3) is 0.0541. The second-order valence-corrected chi connectivity index (χ2v) is 11.7. The molecule has 0 bridgehead atoms. The summed E-state index contributed by atoms with van der Waals surface area (Å²) in [5.74, 6) is 1.82. The molecule has 2 aliphatic carbocycles. The van der Waals surface area contributed by atoms with E-state index in [2.05, 4.69) is 128 Å². The Kier molecular flexibility index (Phi) is 10.9. The maximum Gasteiger partial charge on any atom is 2.00 e. The zero-order valence-electron chi connectivity index (χ0n) is 22.5. The number of hydrogen-bond acceptors (Lipinski definition) is 2. The smallest absolute Gasteiger partial charge is 0.470 e. The average Bonchev–Trinajstić information content (AvgIpc) is 3.83. The normalized spacial score (nSPS) is 20.6. The Morgan fingerprint density at radius 2 is 0.976 bits per heavy atom. The summed E-state index contributed by atoms with van der Waals surface area (Å²) in [5.41, 5.74) is 3.58. The molecular formula is C37H30FeNOP+2. The van der Waals surface area contributed by atoms with Crippen molar-refractivity contribution in [2.24, 2.45) is 4.99 Å². The van der Waals surface area contributed by atoms with Crippen LogP contribution in [0.2, 0.25) is 0 Å². The van der Waals surface area contributed by atoms with E-state index in [1.54, 1.807) is 0 Å². The molecule has 3 aliphatic rings. The number of aliphatic imine (C=N–C) groups is 1. The van der Waals surface area contributed by atoms with Crippen molar-refractivity contribution in [3.8, 4) is 0 Å². The van der Waals surface area contributed by atoms with Crippen molar-refractivity contribution < 1.29 is 21.8 Å². The van der Waals surface area contributed by atoms with Crippen LogP contribution in [0.4, 0.5) is 0 Å². The molecule has 200 valence electrons. The van der Waals surface area contributed by atoms with Crippen LogP contribution in [0.15, 0.2) is 126 Å². The summed E-state index contributed by atoms with van der Waals surface area (Å²) in [4.78, 5) is 5.19. The number of hydrogen-bond donors (Lipinski definition) is 0. The standard InChI is InChI=1S/C32H25NOP.C5H5.Fe/c1-5-14-24(15-6-1)30-31(25-16-7-2-8-17-25)34-32(33-30)28-22-13-23-29(28)35(26-18-9-3-10-19-26)27-20-11-4-12-21-27;1-2-4-5-3-1;/h1-23,30-31H;1-5H;/q;;+2/t30-,31-;;/m0../s1. The topological polar surface area (TPSA) is 21.6 Å². The number of ether oxygens (including phenoxy) is 1. The van der Waals surface area contributed by atoms with Crippen molar-refractivity contribution in [2.75, 3.05) is 0 Å². The first-order chi connectivity index (χ1) is 19.9. The second-order valence-electron chi connectivity index (χ2n) is 9.53. The van der Waals surface area contributed by atoms with Crippen LogP contribution in [0.5, 0.6) is 0 Å². The van der Waals surface area contributed by atoms with Gasteiger partial charge in [0.2, 0.25) is 0 Å². The van der Waals surface area contributed by atoms with E-state index in [-0.39, 0.29) is 29.2 Å². The Bertz CT molecular complexity index is 1300. The van der Waals surface area contributed by atoms with E-state index in [1.807, 2.05) is 44.2 Å². The van der Waals surface area contributed by atoms with Crippen LogP contribution in [-0.2, 0) is 21.8 Å². The summed E-state index contributed by atoms with van der Waals surface area (Å²) < 4.78 is 6.68. The molecule has 2 saturated carbocycles. The van der Waals surface area contributed by atoms with Gasteiger partial charge in [0.1, 0.15) is 6.04 Å². The Morgan fingerprint density at radius 3 is 1.49 bits per heavy atom. The minimum Gasteiger partial charge on any atom is -0.470 e. The molecule has 1 heterocycles. The molecule has 7 rings (SSSR count). The van der Waals surface area contributed by atoms with E-state index in [0.29, 0.717) is 0 Å². The van der Waals surface area contributed by atoms with Gasteiger partial charge in [-0.2, -0.15) is 0 Å². The molecule has 0 N–H and O–H groups in total. The molecule has 10 radical (unpaired) electrons. The molecule has 1 aliphatic heterocycles. The van der Waals surface area contributed by atoms with Gasteiger partial charge in [0.05, 0.1) is 5.92 Å². The molecule has 41 heavy (non-hydrogen) atoms. The third-order valence-electron chi connectivity index (χ3n) is 6.90. The third-order valence-corrected chi connectivity index (χ3v) is 9.40. The van der Waals surface area contributed by atoms with Gasteiger partial charge in [0.25, 0.3) is 0 Å². The average molecular weight is 591 g/mol. The van der Waals surface area contributed by atoms with E-state index in [4.69, 9.17) is 9.73 Å². The maximum atomic E-state index is 6.68. The summed E-state index contributed by atoms with van der Waals surface area (Å²) in [7, 11) is -0.744. The van der Waals surface area contributed by atoms with Crippen molar-refractivity contribution in [3.05, 3.63) is 195 Å². The van der Waals surface area contributed by atoms with Crippen LogP contribution in [0.3, 0.4) is 0 Å². The Balaban J connectivity index is 0.000000510. The van der Waals surface area contributed by atoms with Gasteiger partial charge in [0.15, 0.2) is 12.0 Å². The van der Waals surface area contributed by atoms with Crippen LogP contribution in [0.1, 0.15) is 23.3 Å². The molecule has 2 atom stereocenters. The fourth-order valence-corrected chi connectivity index (χ4v) is 7.46. The molecule has 4 aromatic carbocycles. The fourth-order valence-electron chi connectivity index (χ4n) is 5.02. The van der Waals surface area contributed by atoms with Crippen molar-refractivity contribution >= 4 is 24.4 Å². The zero-order chi connectivity index (χ0) is 27.0. The maximum absolute atomic E-state index is 6.68. The first kappa shape index (κ1) is 29.8. The number of rotatable bonds is 6. The Labute approximate surface area is 257 Å². The van der Waals surface area contributed by atoms with Gasteiger partial charge in [-0.1, -0.05) is 121 Å². The summed E-state index contributed by atoms with van der Waals surface area (Å²) in [6.07, 6.45) is 16.4. The second kappa shape index (κ2) is 15.0. The summed E-state index contributed by atoms with van der Waals surface area (Å²) in [6.45, 7) is 0. The third kappa shape index (κ3) is 7.21. The predicted octanol–water partition coefficient (Wildman–Crippen LogP) is 7.78. The molecule has 2 nitrogen and oxygen atoms in total. The molecule has 2 fully saturated rings. The molecule has 0 amide bonds. The first-order valence-corrected chi connectivity index (χ1v) is 14.9. The van der Waals surface area contributed by atoms with E-state index in [9.17, 15) is 0 Å². The van der Waals surface area contributed by atoms with Gasteiger partial charge >= 0.3 is 17.1 Å². The van der Waals surface area contributed by atoms with Crippen LogP contribution < -0.4 is 10.6 Å². The monoisotopic (exact) mass is 591 g/mol. The van der Waals surface area contributed by atoms with Crippen molar-refractivity contribution in [3.63, 3.8) is 0 Å². The van der Waals surface area contributed by atoms with Gasteiger partial charge in [-0.3, -0.25) is 0 Å². The summed E-state index contributed by atoms with van der Waals surface area (Å²) in [5, 5.41) is 2.64. The Hall–Kier alpha value is -2.70. The molecule has 0 aromatic heterocycles. The van der Waals surface area contributed by atoms with Crippen LogP contribution in [0, 0.1) is 62.9 Å². The minimum atomic E-state index is -0.744. The van der Waals surface area contributed by atoms with Crippen molar-refractivity contribution in [1.29, 1.82) is 0 Å². The Morgan fingerprint density at radius 1 is 0.512 bits per heavy atom. The molecule has 0 saturated heterocycles. The first-order valence-electron chi connectivity index (χ1n) is 13.6. The zero-order valence-corrected chi connectivity index (χ0v) is 24.5. The van der Waals surface area contributed by atoms with Crippen molar-refractivity contribution in [1.82, 2.24) is 0 Å². The van der Waals surface area contributed by atoms with E-state index in [0.717, 1.165) is 22.9 Å². The minimum absolute atomic E-state index is 0. The molecular weight excluding hydrogens is 561 g/mol. The summed E-state index contributed by atoms with van der Waals surface area (Å²) in [6, 6.07) is 42.4. The van der Waals surface area contributed by atoms with E-state index < -0.39 is 7.92 Å². The summed E-state index contributed by atoms with van der Waals surface area (Å²) >= 11 is 0. The predicted molar refractivity (Wildman–Crippen MR) is 167 cm³/mol. The quantitative estimate of drug-likeness (QED) is 0.166. The van der Waals surface area contributed by atoms with Gasteiger partial charge in [-0.05, 0) is 81.0 Å². The van der Waals surface area contributed by atoms with E-state index >= 15 is 0 Å². The number of benzene rings is 4. The van der Waals surface area contributed by atoms with Gasteiger partial charge < -0.3 is 4.74 Å². The SMILES string of the molecule is [CH]1[CH][CH][CH][CH]1.[CH]1[CH][C](C2=N[C@@H](c3ccccc3)[C@H](c3ccccc3)O2)[C](P(c2ccccc2)c2ccccc2)[CH]1.[Fe+2]. The molecule has 0 unspecified atom stereocenters. The van der Waals surface area contributed by atoms with E-state index in [1.165, 1.54) is 16.3 Å². The van der Waals surface area contributed by atoms with Gasteiger partial charge in [-0.15, -0.1) is 0 Å². The van der Waals surface area contributed by atoms with Crippen LogP contribution in [-0.4, -0.2) is 5.90 Å². The van der Waals surface area contributed by atoms with Crippen LogP contribution in [0.25, 0.3) is 0 Å². The number of nitrogens with zero attached hydrogens (tertiary/aromatic N) is 1. The molecule has 4 heteroatoms. The van der Waals surface area contributed by atoms with Crippen LogP contribution >= 0.6 is 7.92 Å². The van der Waals surface area contributed by atoms with Gasteiger partial charge in [0, 0.05) is 5.66 Å². The largest absolute Gasteiger partial charge is 2.00 e. The molecule has 0 spiro atoms.